The monoisotopic (exact) mass is 249 g/mol. The van der Waals surface area contributed by atoms with Crippen LogP contribution in [0, 0.1) is 0 Å². The molecule has 0 radical (unpaired) electrons. The normalized spacial score (nSPS) is 24.0. The molecule has 78 valence electrons. The number of nitrogens with zero attached hydrogens (tertiary/aromatic N) is 1. The lowest BCUT2D eigenvalue weighted by Crippen LogP contribution is -2.32. The van der Waals surface area contributed by atoms with Gasteiger partial charge in [-0.05, 0) is 38.8 Å². The van der Waals surface area contributed by atoms with Crippen molar-refractivity contribution in [3.05, 3.63) is 0 Å². The highest BCUT2D eigenvalue weighted by molar-refractivity contribution is 9.09. The van der Waals surface area contributed by atoms with Crippen LogP contribution in [-0.2, 0) is 0 Å². The molecule has 1 saturated heterocycles. The van der Waals surface area contributed by atoms with Gasteiger partial charge < -0.3 is 5.11 Å². The van der Waals surface area contributed by atoms with Crippen LogP contribution in [0.4, 0.5) is 0 Å². The molecule has 1 rings (SSSR count). The van der Waals surface area contributed by atoms with Crippen molar-refractivity contribution < 1.29 is 5.11 Å². The number of alkyl halides is 1. The van der Waals surface area contributed by atoms with Crippen LogP contribution in [0.2, 0.25) is 0 Å². The molecule has 0 bridgehead atoms. The first-order valence-electron chi connectivity index (χ1n) is 5.29. The van der Waals surface area contributed by atoms with E-state index in [-0.39, 0.29) is 0 Å². The molecule has 2 nitrogen and oxygen atoms in total. The van der Waals surface area contributed by atoms with E-state index in [1.807, 2.05) is 0 Å². The van der Waals surface area contributed by atoms with E-state index in [9.17, 15) is 0 Å². The molecule has 0 amide bonds. The summed E-state index contributed by atoms with van der Waals surface area (Å²) in [6, 6.07) is 0.462. The van der Waals surface area contributed by atoms with Crippen LogP contribution in [0.3, 0.4) is 0 Å². The number of hydrogen-bond acceptors (Lipinski definition) is 2. The fourth-order valence-corrected chi connectivity index (χ4v) is 2.38. The Bertz CT molecular complexity index is 132. The van der Waals surface area contributed by atoms with E-state index in [2.05, 4.69) is 20.8 Å². The first-order valence-corrected chi connectivity index (χ1v) is 6.41. The molecule has 0 aliphatic carbocycles. The minimum Gasteiger partial charge on any atom is -0.395 e. The summed E-state index contributed by atoms with van der Waals surface area (Å²) in [4.78, 5) is 2.44. The van der Waals surface area contributed by atoms with Crippen molar-refractivity contribution in [1.82, 2.24) is 4.90 Å². The van der Waals surface area contributed by atoms with Gasteiger partial charge in [0.15, 0.2) is 0 Å². The van der Waals surface area contributed by atoms with Crippen LogP contribution in [0.25, 0.3) is 0 Å². The third kappa shape index (κ3) is 3.96. The highest BCUT2D eigenvalue weighted by Crippen LogP contribution is 2.17. The number of halogens is 1. The number of unbranched alkanes of at least 4 members (excludes halogenated alkanes) is 2. The Morgan fingerprint density at radius 3 is 2.85 bits per heavy atom. The zero-order chi connectivity index (χ0) is 9.52. The molecule has 1 atom stereocenters. The quantitative estimate of drug-likeness (QED) is 0.575. The molecule has 1 fully saturated rings. The van der Waals surface area contributed by atoms with Crippen molar-refractivity contribution in [1.29, 1.82) is 0 Å². The lowest BCUT2D eigenvalue weighted by atomic mass is 10.2. The molecule has 0 aromatic carbocycles. The van der Waals surface area contributed by atoms with Gasteiger partial charge in [-0.15, -0.1) is 0 Å². The predicted molar refractivity (Wildman–Crippen MR) is 59.3 cm³/mol. The van der Waals surface area contributed by atoms with Crippen molar-refractivity contribution in [2.24, 2.45) is 0 Å². The van der Waals surface area contributed by atoms with Crippen LogP contribution in [0.1, 0.15) is 32.1 Å². The third-order valence-electron chi connectivity index (χ3n) is 2.79. The second kappa shape index (κ2) is 6.80. The van der Waals surface area contributed by atoms with Crippen molar-refractivity contribution in [3.8, 4) is 0 Å². The fraction of sp³-hybridized carbons (Fsp3) is 1.00. The van der Waals surface area contributed by atoms with Crippen LogP contribution in [-0.4, -0.2) is 41.1 Å². The second-order valence-electron chi connectivity index (χ2n) is 3.76. The van der Waals surface area contributed by atoms with Crippen LogP contribution in [0.15, 0.2) is 0 Å². The maximum Gasteiger partial charge on any atom is 0.0586 e. The van der Waals surface area contributed by atoms with E-state index in [0.29, 0.717) is 12.6 Å². The number of aliphatic hydroxyl groups is 1. The highest BCUT2D eigenvalue weighted by Gasteiger charge is 2.22. The van der Waals surface area contributed by atoms with E-state index in [0.717, 1.165) is 5.33 Å². The molecule has 1 N–H and O–H groups in total. The number of likely N-dealkylation sites (tertiary alicyclic amines) is 1. The standard InChI is InChI=1S/C10H20BrNO/c11-6-2-1-3-7-12-8-4-5-10(12)9-13/h10,13H,1-9H2. The van der Waals surface area contributed by atoms with E-state index < -0.39 is 0 Å². The zero-order valence-electron chi connectivity index (χ0n) is 8.21. The summed E-state index contributed by atoms with van der Waals surface area (Å²) < 4.78 is 0. The molecule has 1 heterocycles. The van der Waals surface area contributed by atoms with Crippen molar-refractivity contribution in [2.75, 3.05) is 25.0 Å². The number of aliphatic hydroxyl groups excluding tert-OH is 1. The van der Waals surface area contributed by atoms with Gasteiger partial charge in [0, 0.05) is 11.4 Å². The van der Waals surface area contributed by atoms with Gasteiger partial charge >= 0.3 is 0 Å². The topological polar surface area (TPSA) is 23.5 Å². The first-order chi connectivity index (χ1) is 6.38. The Morgan fingerprint density at radius 1 is 1.31 bits per heavy atom. The molecule has 3 heteroatoms. The average molecular weight is 250 g/mol. The summed E-state index contributed by atoms with van der Waals surface area (Å²) in [6.45, 7) is 2.72. The zero-order valence-corrected chi connectivity index (χ0v) is 9.80. The highest BCUT2D eigenvalue weighted by atomic mass is 79.9. The molecule has 1 unspecified atom stereocenters. The largest absolute Gasteiger partial charge is 0.395 e. The van der Waals surface area contributed by atoms with E-state index in [1.54, 1.807) is 0 Å². The lowest BCUT2D eigenvalue weighted by molar-refractivity contribution is 0.157. The molecule has 13 heavy (non-hydrogen) atoms. The summed E-state index contributed by atoms with van der Waals surface area (Å²) in [6.07, 6.45) is 6.32. The van der Waals surface area contributed by atoms with Gasteiger partial charge in [0.1, 0.15) is 0 Å². The maximum atomic E-state index is 9.09. The smallest absolute Gasteiger partial charge is 0.0586 e. The Hall–Kier alpha value is 0.400. The van der Waals surface area contributed by atoms with Gasteiger partial charge in [0.25, 0.3) is 0 Å². The van der Waals surface area contributed by atoms with E-state index in [4.69, 9.17) is 5.11 Å². The van der Waals surface area contributed by atoms with Crippen molar-refractivity contribution in [2.45, 2.75) is 38.1 Å². The van der Waals surface area contributed by atoms with Gasteiger partial charge in [-0.25, -0.2) is 0 Å². The van der Waals surface area contributed by atoms with Crippen molar-refractivity contribution >= 4 is 15.9 Å². The molecular weight excluding hydrogens is 230 g/mol. The molecule has 0 aromatic rings. The molecular formula is C10H20BrNO. The van der Waals surface area contributed by atoms with Crippen molar-refractivity contribution in [3.63, 3.8) is 0 Å². The minimum absolute atomic E-state index is 0.346. The average Bonchev–Trinajstić information content (AvgIpc) is 2.60. The van der Waals surface area contributed by atoms with E-state index in [1.165, 1.54) is 45.2 Å². The molecule has 0 saturated carbocycles. The predicted octanol–water partition coefficient (Wildman–Crippen LogP) is 2.01. The molecule has 0 aromatic heterocycles. The molecule has 0 spiro atoms. The summed E-state index contributed by atoms with van der Waals surface area (Å²) in [5.74, 6) is 0. The SMILES string of the molecule is OCC1CCCN1CCCCCBr. The Kier molecular flexibility index (Phi) is 6.00. The molecule has 1 aliphatic rings. The molecule has 1 aliphatic heterocycles. The van der Waals surface area contributed by atoms with Gasteiger partial charge in [0.05, 0.1) is 6.61 Å². The summed E-state index contributed by atoms with van der Waals surface area (Å²) >= 11 is 3.44. The summed E-state index contributed by atoms with van der Waals surface area (Å²) in [7, 11) is 0. The summed E-state index contributed by atoms with van der Waals surface area (Å²) in [5.41, 5.74) is 0. The van der Waals surface area contributed by atoms with Crippen LogP contribution < -0.4 is 0 Å². The van der Waals surface area contributed by atoms with E-state index >= 15 is 0 Å². The number of hydrogen-bond donors (Lipinski definition) is 1. The Balaban J connectivity index is 2.06. The van der Waals surface area contributed by atoms with Crippen LogP contribution in [0.5, 0.6) is 0 Å². The maximum absolute atomic E-state index is 9.09. The van der Waals surface area contributed by atoms with Crippen LogP contribution >= 0.6 is 15.9 Å². The van der Waals surface area contributed by atoms with Gasteiger partial charge in [-0.3, -0.25) is 4.90 Å². The minimum atomic E-state index is 0.346. The Morgan fingerprint density at radius 2 is 2.15 bits per heavy atom. The third-order valence-corrected chi connectivity index (χ3v) is 3.35. The van der Waals surface area contributed by atoms with Gasteiger partial charge in [-0.2, -0.15) is 0 Å². The van der Waals surface area contributed by atoms with Gasteiger partial charge in [0.2, 0.25) is 0 Å². The summed E-state index contributed by atoms with van der Waals surface area (Å²) in [5, 5.41) is 10.2. The number of rotatable bonds is 6. The first kappa shape index (κ1) is 11.5. The Labute approximate surface area is 89.4 Å². The fourth-order valence-electron chi connectivity index (χ4n) is 1.98. The second-order valence-corrected chi connectivity index (χ2v) is 4.56. The lowest BCUT2D eigenvalue weighted by Gasteiger charge is -2.22. The van der Waals surface area contributed by atoms with Gasteiger partial charge in [-0.1, -0.05) is 22.4 Å².